The fourth-order valence-corrected chi connectivity index (χ4v) is 1.51. The second-order valence-corrected chi connectivity index (χ2v) is 3.74. The number of hydrogen-bond acceptors (Lipinski definition) is 1. The van der Waals surface area contributed by atoms with Crippen LogP contribution in [0.5, 0.6) is 0 Å². The van der Waals surface area contributed by atoms with Gasteiger partial charge < -0.3 is 4.74 Å². The lowest BCUT2D eigenvalue weighted by Gasteiger charge is -2.00. The molecule has 1 heteroatoms. The van der Waals surface area contributed by atoms with E-state index in [1.807, 2.05) is 42.5 Å². The standard InChI is InChI=1S/C16H16O/c1-3-8-15(9-4-1)12-7-13-17-14-16-10-5-2-6-11-16/h1-12H,13-14H2/b12-7+/i2D. The lowest BCUT2D eigenvalue weighted by Crippen LogP contribution is -1.91. The summed E-state index contributed by atoms with van der Waals surface area (Å²) < 4.78 is 12.9. The maximum Gasteiger partial charge on any atom is 0.0721 e. The molecular weight excluding hydrogens is 208 g/mol. The fourth-order valence-electron chi connectivity index (χ4n) is 1.51. The third-order valence-electron chi connectivity index (χ3n) is 2.38. The van der Waals surface area contributed by atoms with Crippen molar-refractivity contribution in [1.82, 2.24) is 0 Å². The quantitative estimate of drug-likeness (QED) is 0.701. The van der Waals surface area contributed by atoms with Crippen molar-refractivity contribution >= 4 is 6.08 Å². The van der Waals surface area contributed by atoms with Gasteiger partial charge in [-0.2, -0.15) is 0 Å². The summed E-state index contributed by atoms with van der Waals surface area (Å²) in [5.74, 6) is 0. The second kappa shape index (κ2) is 6.66. The number of benzene rings is 2. The van der Waals surface area contributed by atoms with Crippen molar-refractivity contribution in [2.24, 2.45) is 0 Å². The Labute approximate surface area is 104 Å². The molecule has 0 aliphatic carbocycles. The largest absolute Gasteiger partial charge is 0.373 e. The molecule has 1 nitrogen and oxygen atoms in total. The van der Waals surface area contributed by atoms with E-state index in [0.717, 1.165) is 5.56 Å². The highest BCUT2D eigenvalue weighted by molar-refractivity contribution is 5.48. The SMILES string of the molecule is [2H]c1ccc(COC/C=C/c2ccccc2)cc1. The van der Waals surface area contributed by atoms with Gasteiger partial charge in [-0.15, -0.1) is 0 Å². The Balaban J connectivity index is 1.73. The first kappa shape index (κ1) is 10.3. The van der Waals surface area contributed by atoms with Crippen LogP contribution in [0.3, 0.4) is 0 Å². The van der Waals surface area contributed by atoms with E-state index in [-0.39, 0.29) is 0 Å². The first-order chi connectivity index (χ1) is 8.84. The Morgan fingerprint density at radius 1 is 1.00 bits per heavy atom. The van der Waals surface area contributed by atoms with Crippen LogP contribution in [0.2, 0.25) is 0 Å². The van der Waals surface area contributed by atoms with Crippen LogP contribution < -0.4 is 0 Å². The molecule has 0 aromatic heterocycles. The zero-order chi connectivity index (χ0) is 12.6. The molecule has 17 heavy (non-hydrogen) atoms. The molecule has 86 valence electrons. The molecular formula is C16H16O. The summed E-state index contributed by atoms with van der Waals surface area (Å²) in [6, 6.07) is 18.1. The maximum absolute atomic E-state index is 7.38. The third-order valence-corrected chi connectivity index (χ3v) is 2.38. The molecule has 0 atom stereocenters. The van der Waals surface area contributed by atoms with Crippen molar-refractivity contribution in [2.45, 2.75) is 6.61 Å². The molecule has 0 saturated heterocycles. The van der Waals surface area contributed by atoms with Gasteiger partial charge in [0.25, 0.3) is 0 Å². The van der Waals surface area contributed by atoms with Gasteiger partial charge in [0.15, 0.2) is 0 Å². The van der Waals surface area contributed by atoms with Gasteiger partial charge in [0.2, 0.25) is 0 Å². The van der Waals surface area contributed by atoms with Crippen LogP contribution >= 0.6 is 0 Å². The zero-order valence-corrected chi connectivity index (χ0v) is 9.67. The Hall–Kier alpha value is -1.86. The minimum atomic E-state index is 0.530. The van der Waals surface area contributed by atoms with E-state index in [1.54, 1.807) is 12.1 Å². The lowest BCUT2D eigenvalue weighted by atomic mass is 10.2. The Morgan fingerprint density at radius 2 is 1.76 bits per heavy atom. The molecule has 0 spiro atoms. The van der Waals surface area contributed by atoms with Crippen molar-refractivity contribution in [3.05, 3.63) is 77.8 Å². The molecule has 0 radical (unpaired) electrons. The summed E-state index contributed by atoms with van der Waals surface area (Å²) in [5, 5.41) is 0. The molecule has 0 saturated carbocycles. The van der Waals surface area contributed by atoms with Crippen molar-refractivity contribution < 1.29 is 6.11 Å². The van der Waals surface area contributed by atoms with Crippen LogP contribution in [-0.2, 0) is 11.3 Å². The minimum Gasteiger partial charge on any atom is -0.373 e. The Morgan fingerprint density at radius 3 is 2.53 bits per heavy atom. The van der Waals surface area contributed by atoms with E-state index in [9.17, 15) is 0 Å². The van der Waals surface area contributed by atoms with Crippen molar-refractivity contribution in [1.29, 1.82) is 0 Å². The minimum absolute atomic E-state index is 0.530. The van der Waals surface area contributed by atoms with Crippen LogP contribution in [0.4, 0.5) is 0 Å². The van der Waals surface area contributed by atoms with E-state index in [2.05, 4.69) is 12.1 Å². The van der Waals surface area contributed by atoms with Gasteiger partial charge >= 0.3 is 0 Å². The highest BCUT2D eigenvalue weighted by Gasteiger charge is 1.89. The molecule has 0 N–H and O–H groups in total. The zero-order valence-electron chi connectivity index (χ0n) is 10.7. The molecule has 0 unspecified atom stereocenters. The highest BCUT2D eigenvalue weighted by Crippen LogP contribution is 2.02. The molecule has 0 aliphatic rings. The van der Waals surface area contributed by atoms with E-state index in [0.29, 0.717) is 19.3 Å². The number of ether oxygens (including phenoxy) is 1. The van der Waals surface area contributed by atoms with E-state index >= 15 is 0 Å². The van der Waals surface area contributed by atoms with Crippen LogP contribution in [0.1, 0.15) is 12.5 Å². The van der Waals surface area contributed by atoms with E-state index < -0.39 is 0 Å². The molecule has 0 heterocycles. The summed E-state index contributed by atoms with van der Waals surface area (Å²) in [7, 11) is 0. The summed E-state index contributed by atoms with van der Waals surface area (Å²) in [6.07, 6.45) is 4.06. The maximum atomic E-state index is 7.38. The summed E-state index contributed by atoms with van der Waals surface area (Å²) >= 11 is 0. The monoisotopic (exact) mass is 225 g/mol. The molecule has 0 amide bonds. The average Bonchev–Trinajstić information content (AvgIpc) is 2.42. The highest BCUT2D eigenvalue weighted by atomic mass is 16.5. The summed E-state index contributed by atoms with van der Waals surface area (Å²) in [4.78, 5) is 0. The smallest absolute Gasteiger partial charge is 0.0721 e. The van der Waals surface area contributed by atoms with Gasteiger partial charge in [0, 0.05) is 0 Å². The van der Waals surface area contributed by atoms with Crippen LogP contribution in [0.15, 0.2) is 66.7 Å². The Bertz CT molecular complexity index is 488. The van der Waals surface area contributed by atoms with Gasteiger partial charge in [0.1, 0.15) is 0 Å². The summed E-state index contributed by atoms with van der Waals surface area (Å²) in [5.41, 5.74) is 2.28. The molecule has 2 aromatic carbocycles. The fraction of sp³-hybridized carbons (Fsp3) is 0.125. The van der Waals surface area contributed by atoms with Crippen molar-refractivity contribution in [2.75, 3.05) is 6.61 Å². The molecule has 0 aliphatic heterocycles. The first-order valence-corrected chi connectivity index (χ1v) is 5.69. The van der Waals surface area contributed by atoms with Gasteiger partial charge in [-0.1, -0.05) is 72.8 Å². The molecule has 0 bridgehead atoms. The lowest BCUT2D eigenvalue weighted by molar-refractivity contribution is 0.149. The predicted molar refractivity (Wildman–Crippen MR) is 71.6 cm³/mol. The topological polar surface area (TPSA) is 9.23 Å². The van der Waals surface area contributed by atoms with Crippen molar-refractivity contribution in [3.63, 3.8) is 0 Å². The van der Waals surface area contributed by atoms with Gasteiger partial charge in [-0.25, -0.2) is 0 Å². The molecule has 2 aromatic rings. The molecule has 2 rings (SSSR count). The van der Waals surface area contributed by atoms with Crippen LogP contribution in [0.25, 0.3) is 6.08 Å². The third kappa shape index (κ3) is 4.25. The Kier molecular flexibility index (Phi) is 4.04. The van der Waals surface area contributed by atoms with Crippen LogP contribution in [0, 0.1) is 0 Å². The summed E-state index contributed by atoms with van der Waals surface area (Å²) in [6.45, 7) is 1.18. The van der Waals surface area contributed by atoms with Crippen LogP contribution in [-0.4, -0.2) is 6.61 Å². The number of hydrogen-bond donors (Lipinski definition) is 0. The van der Waals surface area contributed by atoms with Crippen molar-refractivity contribution in [3.8, 4) is 0 Å². The van der Waals surface area contributed by atoms with Gasteiger partial charge in [-0.05, 0) is 11.1 Å². The second-order valence-electron chi connectivity index (χ2n) is 3.74. The van der Waals surface area contributed by atoms with Gasteiger partial charge in [-0.3, -0.25) is 0 Å². The average molecular weight is 225 g/mol. The van der Waals surface area contributed by atoms with E-state index in [1.165, 1.54) is 5.56 Å². The first-order valence-electron chi connectivity index (χ1n) is 6.19. The normalized spacial score (nSPS) is 11.6. The predicted octanol–water partition coefficient (Wildman–Crippen LogP) is 3.92. The van der Waals surface area contributed by atoms with E-state index in [4.69, 9.17) is 6.11 Å². The molecule has 0 fully saturated rings. The van der Waals surface area contributed by atoms with Gasteiger partial charge in [0.05, 0.1) is 14.6 Å². The number of rotatable bonds is 5.